The SMILES string of the molecule is CCCCC[C@H]1CC[C@H](C=CC(=O)OCC)CC1. The van der Waals surface area contributed by atoms with Crippen LogP contribution in [0.5, 0.6) is 0 Å². The van der Waals surface area contributed by atoms with Crippen molar-refractivity contribution >= 4 is 5.97 Å². The molecule has 0 bridgehead atoms. The number of hydrogen-bond donors (Lipinski definition) is 0. The molecule has 0 aromatic heterocycles. The molecule has 0 saturated heterocycles. The summed E-state index contributed by atoms with van der Waals surface area (Å²) in [6, 6.07) is 0. The number of unbranched alkanes of at least 4 members (excludes halogenated alkanes) is 2. The van der Waals surface area contributed by atoms with Crippen LogP contribution >= 0.6 is 0 Å². The quantitative estimate of drug-likeness (QED) is 0.379. The van der Waals surface area contributed by atoms with Crippen LogP contribution in [0.3, 0.4) is 0 Å². The second-order valence-electron chi connectivity index (χ2n) is 5.39. The molecular formula is C16H28O2. The van der Waals surface area contributed by atoms with Gasteiger partial charge in [-0.15, -0.1) is 0 Å². The van der Waals surface area contributed by atoms with Crippen molar-refractivity contribution in [1.29, 1.82) is 0 Å². The summed E-state index contributed by atoms with van der Waals surface area (Å²) >= 11 is 0. The lowest BCUT2D eigenvalue weighted by atomic mass is 9.79. The Hall–Kier alpha value is -0.790. The molecule has 0 atom stereocenters. The van der Waals surface area contributed by atoms with Gasteiger partial charge in [-0.25, -0.2) is 4.79 Å². The first-order chi connectivity index (χ1) is 8.76. The van der Waals surface area contributed by atoms with E-state index in [0.717, 1.165) is 5.92 Å². The maximum absolute atomic E-state index is 11.2. The second kappa shape index (κ2) is 9.18. The van der Waals surface area contributed by atoms with Crippen LogP contribution in [0.25, 0.3) is 0 Å². The monoisotopic (exact) mass is 252 g/mol. The minimum atomic E-state index is -0.192. The van der Waals surface area contributed by atoms with Crippen molar-refractivity contribution < 1.29 is 9.53 Å². The number of allylic oxidation sites excluding steroid dienone is 1. The van der Waals surface area contributed by atoms with Gasteiger partial charge in [0.25, 0.3) is 0 Å². The first kappa shape index (κ1) is 15.3. The van der Waals surface area contributed by atoms with E-state index in [0.29, 0.717) is 12.5 Å². The van der Waals surface area contributed by atoms with Gasteiger partial charge < -0.3 is 4.74 Å². The van der Waals surface area contributed by atoms with Gasteiger partial charge in [0.15, 0.2) is 0 Å². The standard InChI is InChI=1S/C16H28O2/c1-3-5-6-7-14-8-10-15(11-9-14)12-13-16(17)18-4-2/h12-15H,3-11H2,1-2H3/t14-,15-. The topological polar surface area (TPSA) is 26.3 Å². The zero-order chi connectivity index (χ0) is 13.2. The highest BCUT2D eigenvalue weighted by molar-refractivity contribution is 5.81. The van der Waals surface area contributed by atoms with Crippen LogP contribution in [0.15, 0.2) is 12.2 Å². The van der Waals surface area contributed by atoms with E-state index in [1.807, 2.05) is 6.92 Å². The Balaban J connectivity index is 2.16. The third-order valence-corrected chi connectivity index (χ3v) is 3.90. The fraction of sp³-hybridized carbons (Fsp3) is 0.812. The van der Waals surface area contributed by atoms with Crippen LogP contribution in [0.4, 0.5) is 0 Å². The molecule has 1 aliphatic rings. The maximum Gasteiger partial charge on any atom is 0.330 e. The molecule has 104 valence electrons. The zero-order valence-corrected chi connectivity index (χ0v) is 12.0. The maximum atomic E-state index is 11.2. The van der Waals surface area contributed by atoms with E-state index in [4.69, 9.17) is 4.74 Å². The average Bonchev–Trinajstić information content (AvgIpc) is 2.38. The molecule has 1 aliphatic carbocycles. The van der Waals surface area contributed by atoms with Gasteiger partial charge in [0.1, 0.15) is 0 Å². The molecule has 18 heavy (non-hydrogen) atoms. The fourth-order valence-corrected chi connectivity index (χ4v) is 2.76. The summed E-state index contributed by atoms with van der Waals surface area (Å²) < 4.78 is 4.89. The third-order valence-electron chi connectivity index (χ3n) is 3.90. The molecule has 1 saturated carbocycles. The Morgan fingerprint density at radius 1 is 1.17 bits per heavy atom. The van der Waals surface area contributed by atoms with Crippen molar-refractivity contribution in [2.45, 2.75) is 65.2 Å². The number of carbonyl (C=O) groups excluding carboxylic acids is 1. The Labute approximate surface area is 112 Å². The molecule has 0 spiro atoms. The molecule has 0 heterocycles. The van der Waals surface area contributed by atoms with E-state index in [1.165, 1.54) is 51.4 Å². The third kappa shape index (κ3) is 6.23. The molecular weight excluding hydrogens is 224 g/mol. The highest BCUT2D eigenvalue weighted by Crippen LogP contribution is 2.32. The lowest BCUT2D eigenvalue weighted by Gasteiger charge is -2.26. The van der Waals surface area contributed by atoms with Crippen molar-refractivity contribution in [2.75, 3.05) is 6.61 Å². The lowest BCUT2D eigenvalue weighted by molar-refractivity contribution is -0.137. The van der Waals surface area contributed by atoms with E-state index in [-0.39, 0.29) is 5.97 Å². The van der Waals surface area contributed by atoms with Gasteiger partial charge in [0.05, 0.1) is 6.61 Å². The Morgan fingerprint density at radius 3 is 2.50 bits per heavy atom. The molecule has 0 N–H and O–H groups in total. The molecule has 2 heteroatoms. The van der Waals surface area contributed by atoms with Gasteiger partial charge in [-0.05, 0) is 44.4 Å². The van der Waals surface area contributed by atoms with Crippen molar-refractivity contribution in [3.05, 3.63) is 12.2 Å². The summed E-state index contributed by atoms with van der Waals surface area (Å²) in [6.07, 6.45) is 14.3. The van der Waals surface area contributed by atoms with Crippen LogP contribution < -0.4 is 0 Å². The molecule has 1 fully saturated rings. The van der Waals surface area contributed by atoms with Crippen LogP contribution in [-0.2, 0) is 9.53 Å². The average molecular weight is 252 g/mol. The Morgan fingerprint density at radius 2 is 1.89 bits per heavy atom. The summed E-state index contributed by atoms with van der Waals surface area (Å²) in [4.78, 5) is 11.2. The van der Waals surface area contributed by atoms with Crippen molar-refractivity contribution in [3.8, 4) is 0 Å². The van der Waals surface area contributed by atoms with Crippen molar-refractivity contribution in [1.82, 2.24) is 0 Å². The first-order valence-electron chi connectivity index (χ1n) is 7.61. The predicted molar refractivity (Wildman–Crippen MR) is 75.4 cm³/mol. The highest BCUT2D eigenvalue weighted by Gasteiger charge is 2.19. The lowest BCUT2D eigenvalue weighted by Crippen LogP contribution is -2.13. The number of esters is 1. The van der Waals surface area contributed by atoms with Crippen LogP contribution in [0, 0.1) is 11.8 Å². The number of ether oxygens (including phenoxy) is 1. The first-order valence-corrected chi connectivity index (χ1v) is 7.61. The molecule has 0 aliphatic heterocycles. The number of carbonyl (C=O) groups is 1. The van der Waals surface area contributed by atoms with Gasteiger partial charge in [-0.2, -0.15) is 0 Å². The molecule has 0 aromatic carbocycles. The van der Waals surface area contributed by atoms with Crippen molar-refractivity contribution in [3.63, 3.8) is 0 Å². The van der Waals surface area contributed by atoms with Crippen LogP contribution in [-0.4, -0.2) is 12.6 Å². The van der Waals surface area contributed by atoms with Gasteiger partial charge >= 0.3 is 5.97 Å². The van der Waals surface area contributed by atoms with Crippen molar-refractivity contribution in [2.24, 2.45) is 11.8 Å². The Bertz CT molecular complexity index is 250. The summed E-state index contributed by atoms with van der Waals surface area (Å²) in [6.45, 7) is 4.57. The van der Waals surface area contributed by atoms with E-state index in [9.17, 15) is 4.79 Å². The minimum Gasteiger partial charge on any atom is -0.463 e. The highest BCUT2D eigenvalue weighted by atomic mass is 16.5. The summed E-state index contributed by atoms with van der Waals surface area (Å²) in [7, 11) is 0. The van der Waals surface area contributed by atoms with Gasteiger partial charge in [0, 0.05) is 6.08 Å². The van der Waals surface area contributed by atoms with Gasteiger partial charge in [-0.3, -0.25) is 0 Å². The smallest absolute Gasteiger partial charge is 0.330 e. The van der Waals surface area contributed by atoms with E-state index in [2.05, 4.69) is 13.0 Å². The molecule has 2 nitrogen and oxygen atoms in total. The van der Waals surface area contributed by atoms with Gasteiger partial charge in [-0.1, -0.05) is 38.7 Å². The Kier molecular flexibility index (Phi) is 7.79. The molecule has 0 radical (unpaired) electrons. The molecule has 1 rings (SSSR count). The second-order valence-corrected chi connectivity index (χ2v) is 5.39. The molecule has 0 unspecified atom stereocenters. The number of rotatable bonds is 7. The minimum absolute atomic E-state index is 0.192. The zero-order valence-electron chi connectivity index (χ0n) is 12.0. The van der Waals surface area contributed by atoms with Gasteiger partial charge in [0.2, 0.25) is 0 Å². The predicted octanol–water partition coefficient (Wildman–Crippen LogP) is 4.49. The fourth-order valence-electron chi connectivity index (χ4n) is 2.76. The van der Waals surface area contributed by atoms with E-state index < -0.39 is 0 Å². The normalized spacial score (nSPS) is 24.3. The van der Waals surface area contributed by atoms with Crippen LogP contribution in [0.2, 0.25) is 0 Å². The van der Waals surface area contributed by atoms with Crippen LogP contribution in [0.1, 0.15) is 65.2 Å². The summed E-state index contributed by atoms with van der Waals surface area (Å²) in [5, 5.41) is 0. The number of hydrogen-bond acceptors (Lipinski definition) is 2. The van der Waals surface area contributed by atoms with E-state index >= 15 is 0 Å². The largest absolute Gasteiger partial charge is 0.463 e. The summed E-state index contributed by atoms with van der Waals surface area (Å²) in [5.74, 6) is 1.34. The molecule has 0 amide bonds. The molecule has 0 aromatic rings. The summed E-state index contributed by atoms with van der Waals surface area (Å²) in [5.41, 5.74) is 0. The van der Waals surface area contributed by atoms with E-state index in [1.54, 1.807) is 6.08 Å².